The monoisotopic (exact) mass is 253 g/mol. The molecule has 6 heteroatoms. The van der Waals surface area contributed by atoms with Gasteiger partial charge in [-0.15, -0.1) is 6.42 Å². The molecular formula is C11H11NO4S. The molecule has 1 rings (SSSR count). The highest BCUT2D eigenvalue weighted by atomic mass is 32.2. The van der Waals surface area contributed by atoms with Gasteiger partial charge in [-0.25, -0.2) is 13.2 Å². The van der Waals surface area contributed by atoms with E-state index in [2.05, 4.69) is 10.6 Å². The molecule has 0 aliphatic heterocycles. The molecule has 0 heterocycles. The number of carboxylic acid groups (broad SMARTS) is 1. The van der Waals surface area contributed by atoms with Gasteiger partial charge in [-0.05, 0) is 25.1 Å². The summed E-state index contributed by atoms with van der Waals surface area (Å²) in [4.78, 5) is 10.6. The summed E-state index contributed by atoms with van der Waals surface area (Å²) in [5, 5.41) is 8.76. The second-order valence-electron chi connectivity index (χ2n) is 3.34. The SMILES string of the molecule is C#CC(C)NS(=O)(=O)c1cccc(C(=O)O)c1. The van der Waals surface area contributed by atoms with Crippen LogP contribution in [0.2, 0.25) is 0 Å². The van der Waals surface area contributed by atoms with E-state index in [1.165, 1.54) is 25.1 Å². The number of carboxylic acids is 1. The number of nitrogens with one attached hydrogen (secondary N) is 1. The van der Waals surface area contributed by atoms with Crippen molar-refractivity contribution in [1.82, 2.24) is 4.72 Å². The Morgan fingerprint density at radius 2 is 2.18 bits per heavy atom. The molecule has 0 spiro atoms. The fourth-order valence-electron chi connectivity index (χ4n) is 1.13. The lowest BCUT2D eigenvalue weighted by Gasteiger charge is -2.09. The summed E-state index contributed by atoms with van der Waals surface area (Å²) in [7, 11) is -3.78. The third kappa shape index (κ3) is 3.31. The van der Waals surface area contributed by atoms with Crippen molar-refractivity contribution >= 4 is 16.0 Å². The summed E-state index contributed by atoms with van der Waals surface area (Å²) < 4.78 is 25.8. The van der Waals surface area contributed by atoms with Crippen LogP contribution in [-0.2, 0) is 10.0 Å². The number of sulfonamides is 1. The summed E-state index contributed by atoms with van der Waals surface area (Å²) in [6, 6.07) is 4.39. The molecule has 1 atom stereocenters. The minimum absolute atomic E-state index is 0.0961. The van der Waals surface area contributed by atoms with E-state index in [0.29, 0.717) is 0 Å². The summed E-state index contributed by atoms with van der Waals surface area (Å²) in [5.74, 6) is 1.03. The molecule has 1 aromatic carbocycles. The van der Waals surface area contributed by atoms with Crippen molar-refractivity contribution in [2.75, 3.05) is 0 Å². The van der Waals surface area contributed by atoms with Gasteiger partial charge < -0.3 is 5.11 Å². The molecule has 5 nitrogen and oxygen atoms in total. The van der Waals surface area contributed by atoms with E-state index in [-0.39, 0.29) is 10.5 Å². The highest BCUT2D eigenvalue weighted by Crippen LogP contribution is 2.11. The van der Waals surface area contributed by atoms with Gasteiger partial charge in [0.05, 0.1) is 16.5 Å². The van der Waals surface area contributed by atoms with E-state index < -0.39 is 22.0 Å². The standard InChI is InChI=1S/C11H11NO4S/c1-3-8(2)12-17(15,16)10-6-4-5-9(7-10)11(13)14/h1,4-8,12H,2H3,(H,13,14). The Kier molecular flexibility index (Phi) is 3.89. The third-order valence-corrected chi connectivity index (χ3v) is 3.51. The van der Waals surface area contributed by atoms with Crippen molar-refractivity contribution in [2.45, 2.75) is 17.9 Å². The maximum absolute atomic E-state index is 11.8. The molecule has 17 heavy (non-hydrogen) atoms. The lowest BCUT2D eigenvalue weighted by molar-refractivity contribution is 0.0696. The number of hydrogen-bond acceptors (Lipinski definition) is 3. The predicted octanol–water partition coefficient (Wildman–Crippen LogP) is 0.685. The Hall–Kier alpha value is -1.84. The van der Waals surface area contributed by atoms with Gasteiger partial charge in [-0.2, -0.15) is 4.72 Å². The Morgan fingerprint density at radius 1 is 1.53 bits per heavy atom. The number of carbonyl (C=O) groups is 1. The smallest absolute Gasteiger partial charge is 0.335 e. The molecule has 0 aliphatic rings. The number of terminal acetylenes is 1. The maximum Gasteiger partial charge on any atom is 0.335 e. The van der Waals surface area contributed by atoms with Crippen LogP contribution in [0.15, 0.2) is 29.2 Å². The van der Waals surface area contributed by atoms with Crippen LogP contribution in [-0.4, -0.2) is 25.5 Å². The molecule has 90 valence electrons. The van der Waals surface area contributed by atoms with Gasteiger partial charge in [-0.1, -0.05) is 12.0 Å². The Morgan fingerprint density at radius 3 is 2.71 bits per heavy atom. The van der Waals surface area contributed by atoms with Crippen molar-refractivity contribution in [3.8, 4) is 12.3 Å². The first-order chi connectivity index (χ1) is 7.86. The number of benzene rings is 1. The van der Waals surface area contributed by atoms with E-state index in [9.17, 15) is 13.2 Å². The molecule has 0 bridgehead atoms. The third-order valence-electron chi connectivity index (χ3n) is 1.97. The molecule has 0 aromatic heterocycles. The fourth-order valence-corrected chi connectivity index (χ4v) is 2.34. The Balaban J connectivity index is 3.12. The highest BCUT2D eigenvalue weighted by Gasteiger charge is 2.17. The first-order valence-corrected chi connectivity index (χ1v) is 6.17. The second kappa shape index (κ2) is 4.99. The van der Waals surface area contributed by atoms with Gasteiger partial charge in [0.25, 0.3) is 0 Å². The molecule has 1 unspecified atom stereocenters. The fraction of sp³-hybridized carbons (Fsp3) is 0.182. The minimum Gasteiger partial charge on any atom is -0.478 e. The van der Waals surface area contributed by atoms with Crippen LogP contribution < -0.4 is 4.72 Å². The minimum atomic E-state index is -3.78. The van der Waals surface area contributed by atoms with Gasteiger partial charge in [0.2, 0.25) is 10.0 Å². The van der Waals surface area contributed by atoms with Crippen molar-refractivity contribution in [2.24, 2.45) is 0 Å². The highest BCUT2D eigenvalue weighted by molar-refractivity contribution is 7.89. The van der Waals surface area contributed by atoms with Gasteiger partial charge in [0.1, 0.15) is 0 Å². The summed E-state index contributed by atoms with van der Waals surface area (Å²) in [5.41, 5.74) is -0.0961. The quantitative estimate of drug-likeness (QED) is 0.773. The van der Waals surface area contributed by atoms with Crippen LogP contribution in [0.4, 0.5) is 0 Å². The Labute approximate surface area is 99.5 Å². The molecule has 0 radical (unpaired) electrons. The molecular weight excluding hydrogens is 242 g/mol. The van der Waals surface area contributed by atoms with Crippen molar-refractivity contribution < 1.29 is 18.3 Å². The van der Waals surface area contributed by atoms with Gasteiger partial charge >= 0.3 is 5.97 Å². The van der Waals surface area contributed by atoms with Gasteiger partial charge in [0, 0.05) is 0 Å². The zero-order valence-electron chi connectivity index (χ0n) is 9.04. The molecule has 0 fully saturated rings. The average Bonchev–Trinajstić information content (AvgIpc) is 2.28. The van der Waals surface area contributed by atoms with Crippen molar-refractivity contribution in [3.05, 3.63) is 29.8 Å². The van der Waals surface area contributed by atoms with Gasteiger partial charge in [0.15, 0.2) is 0 Å². The van der Waals surface area contributed by atoms with Gasteiger partial charge in [-0.3, -0.25) is 0 Å². The summed E-state index contributed by atoms with van der Waals surface area (Å²) in [6.45, 7) is 1.51. The van der Waals surface area contributed by atoms with Crippen LogP contribution >= 0.6 is 0 Å². The van der Waals surface area contributed by atoms with Crippen LogP contribution in [0.3, 0.4) is 0 Å². The maximum atomic E-state index is 11.8. The zero-order chi connectivity index (χ0) is 13.1. The van der Waals surface area contributed by atoms with Crippen molar-refractivity contribution in [3.63, 3.8) is 0 Å². The van der Waals surface area contributed by atoms with Crippen LogP contribution in [0.1, 0.15) is 17.3 Å². The number of hydrogen-bond donors (Lipinski definition) is 2. The number of aromatic carboxylic acids is 1. The van der Waals surface area contributed by atoms with E-state index in [1.54, 1.807) is 0 Å². The van der Waals surface area contributed by atoms with Crippen molar-refractivity contribution in [1.29, 1.82) is 0 Å². The predicted molar refractivity (Wildman–Crippen MR) is 62.0 cm³/mol. The van der Waals surface area contributed by atoms with Crippen LogP contribution in [0.25, 0.3) is 0 Å². The zero-order valence-corrected chi connectivity index (χ0v) is 9.86. The topological polar surface area (TPSA) is 83.5 Å². The molecule has 1 aromatic rings. The second-order valence-corrected chi connectivity index (χ2v) is 5.06. The Bertz CT molecular complexity index is 571. The lowest BCUT2D eigenvalue weighted by atomic mass is 10.2. The molecule has 0 aliphatic carbocycles. The largest absolute Gasteiger partial charge is 0.478 e. The van der Waals surface area contributed by atoms with E-state index >= 15 is 0 Å². The molecule has 0 saturated carbocycles. The first kappa shape index (κ1) is 13.2. The van der Waals surface area contributed by atoms with E-state index in [4.69, 9.17) is 11.5 Å². The molecule has 2 N–H and O–H groups in total. The molecule has 0 amide bonds. The normalized spacial score (nSPS) is 12.7. The lowest BCUT2D eigenvalue weighted by Crippen LogP contribution is -2.31. The number of rotatable bonds is 4. The van der Waals surface area contributed by atoms with Crippen LogP contribution in [0, 0.1) is 12.3 Å². The van der Waals surface area contributed by atoms with Crippen LogP contribution in [0.5, 0.6) is 0 Å². The summed E-state index contributed by atoms with van der Waals surface area (Å²) >= 11 is 0. The summed E-state index contributed by atoms with van der Waals surface area (Å²) in [6.07, 6.45) is 5.06. The van der Waals surface area contributed by atoms with E-state index in [0.717, 1.165) is 6.07 Å². The average molecular weight is 253 g/mol. The molecule has 0 saturated heterocycles. The first-order valence-electron chi connectivity index (χ1n) is 4.68. The van der Waals surface area contributed by atoms with E-state index in [1.807, 2.05) is 0 Å².